The molecule has 0 atom stereocenters. The zero-order chi connectivity index (χ0) is 12.7. The van der Waals surface area contributed by atoms with E-state index in [2.05, 4.69) is 42.5 Å². The lowest BCUT2D eigenvalue weighted by Crippen LogP contribution is -1.91. The molecular weight excluding hydrogens is 348 g/mol. The van der Waals surface area contributed by atoms with E-state index >= 15 is 0 Å². The number of rotatable bonds is 1. The highest BCUT2D eigenvalue weighted by molar-refractivity contribution is 14.1. The summed E-state index contributed by atoms with van der Waals surface area (Å²) in [5, 5.41) is 0. The number of benzene rings is 1. The van der Waals surface area contributed by atoms with Crippen molar-refractivity contribution >= 4 is 39.6 Å². The van der Waals surface area contributed by atoms with Crippen LogP contribution in [0.15, 0.2) is 24.5 Å². The summed E-state index contributed by atoms with van der Waals surface area (Å²) in [5.41, 5.74) is 7.61. The van der Waals surface area contributed by atoms with Crippen molar-refractivity contribution in [3.8, 4) is 11.4 Å². The highest BCUT2D eigenvalue weighted by Gasteiger charge is 2.11. The van der Waals surface area contributed by atoms with Crippen molar-refractivity contribution < 1.29 is 4.39 Å². The van der Waals surface area contributed by atoms with Gasteiger partial charge in [0, 0.05) is 9.13 Å². The van der Waals surface area contributed by atoms with Crippen molar-refractivity contribution in [1.82, 2.24) is 19.9 Å². The van der Waals surface area contributed by atoms with Crippen LogP contribution in [0.1, 0.15) is 0 Å². The highest BCUT2D eigenvalue weighted by Crippen LogP contribution is 2.26. The van der Waals surface area contributed by atoms with E-state index in [9.17, 15) is 4.39 Å². The van der Waals surface area contributed by atoms with Gasteiger partial charge in [-0.3, -0.25) is 0 Å². The van der Waals surface area contributed by atoms with Crippen LogP contribution in [0.3, 0.4) is 0 Å². The molecular formula is C11H7FIN5. The minimum absolute atomic E-state index is 0.279. The number of anilines is 1. The van der Waals surface area contributed by atoms with Crippen LogP contribution in [-0.4, -0.2) is 19.9 Å². The van der Waals surface area contributed by atoms with Gasteiger partial charge in [0.1, 0.15) is 23.5 Å². The number of halogens is 2. The van der Waals surface area contributed by atoms with E-state index in [0.29, 0.717) is 22.8 Å². The Labute approximate surface area is 115 Å². The molecule has 2 aromatic heterocycles. The van der Waals surface area contributed by atoms with Gasteiger partial charge in [0.2, 0.25) is 0 Å². The molecule has 3 N–H and O–H groups in total. The van der Waals surface area contributed by atoms with Gasteiger partial charge in [-0.2, -0.15) is 0 Å². The topological polar surface area (TPSA) is 80.5 Å². The summed E-state index contributed by atoms with van der Waals surface area (Å²) in [7, 11) is 0. The van der Waals surface area contributed by atoms with E-state index in [1.54, 1.807) is 6.07 Å². The van der Waals surface area contributed by atoms with Crippen LogP contribution in [0.25, 0.3) is 22.6 Å². The monoisotopic (exact) mass is 355 g/mol. The zero-order valence-electron chi connectivity index (χ0n) is 8.98. The van der Waals surface area contributed by atoms with Gasteiger partial charge in [-0.1, -0.05) is 0 Å². The molecule has 90 valence electrons. The number of nitrogens with zero attached hydrogens (tertiary/aromatic N) is 3. The molecule has 3 aromatic rings. The second-order valence-electron chi connectivity index (χ2n) is 3.67. The van der Waals surface area contributed by atoms with Crippen molar-refractivity contribution in [1.29, 1.82) is 0 Å². The molecule has 1 aromatic carbocycles. The summed E-state index contributed by atoms with van der Waals surface area (Å²) in [5.74, 6) is 0.663. The summed E-state index contributed by atoms with van der Waals surface area (Å²) in [4.78, 5) is 15.3. The smallest absolute Gasteiger partial charge is 0.183 e. The summed E-state index contributed by atoms with van der Waals surface area (Å²) in [6, 6.07) is 4.50. The number of fused-ring (bicyclic) bond motifs is 1. The molecule has 0 aliphatic heterocycles. The standard InChI is InChI=1S/C11H7FIN5/c12-5-1-2-6(7(13)3-5)10-17-8-9(14)15-4-16-11(8)18-10/h1-4H,(H3,14,15,16,17,18). The van der Waals surface area contributed by atoms with Crippen LogP contribution in [0.2, 0.25) is 0 Å². The summed E-state index contributed by atoms with van der Waals surface area (Å²) in [6.45, 7) is 0. The molecule has 18 heavy (non-hydrogen) atoms. The normalized spacial score (nSPS) is 11.0. The third kappa shape index (κ3) is 1.80. The quantitative estimate of drug-likeness (QED) is 0.657. The number of aromatic nitrogens is 4. The predicted molar refractivity (Wildman–Crippen MR) is 74.2 cm³/mol. The number of nitrogen functional groups attached to an aromatic ring is 1. The van der Waals surface area contributed by atoms with Crippen LogP contribution >= 0.6 is 22.6 Å². The van der Waals surface area contributed by atoms with Gasteiger partial charge in [-0.25, -0.2) is 19.3 Å². The first kappa shape index (κ1) is 11.3. The molecule has 0 spiro atoms. The van der Waals surface area contributed by atoms with Gasteiger partial charge in [0.15, 0.2) is 11.5 Å². The first-order valence-corrected chi connectivity index (χ1v) is 6.14. The molecule has 3 rings (SSSR count). The maximum Gasteiger partial charge on any atom is 0.183 e. The Morgan fingerprint density at radius 3 is 2.83 bits per heavy atom. The van der Waals surface area contributed by atoms with Gasteiger partial charge in [0.25, 0.3) is 0 Å². The first-order chi connectivity index (χ1) is 8.65. The molecule has 7 heteroatoms. The first-order valence-electron chi connectivity index (χ1n) is 5.07. The summed E-state index contributed by atoms with van der Waals surface area (Å²) >= 11 is 2.06. The fourth-order valence-corrected chi connectivity index (χ4v) is 2.39. The average Bonchev–Trinajstić information content (AvgIpc) is 2.74. The number of nitrogens with two attached hydrogens (primary N) is 1. The largest absolute Gasteiger partial charge is 0.382 e. The number of hydrogen-bond acceptors (Lipinski definition) is 4. The number of aromatic amines is 1. The van der Waals surface area contributed by atoms with Gasteiger partial charge < -0.3 is 10.7 Å². The molecule has 0 aliphatic rings. The van der Waals surface area contributed by atoms with Crippen LogP contribution in [0.5, 0.6) is 0 Å². The van der Waals surface area contributed by atoms with Crippen molar-refractivity contribution in [2.24, 2.45) is 0 Å². The fraction of sp³-hybridized carbons (Fsp3) is 0. The zero-order valence-corrected chi connectivity index (χ0v) is 11.1. The predicted octanol–water partition coefficient (Wildman–Crippen LogP) is 2.35. The van der Waals surface area contributed by atoms with E-state index in [-0.39, 0.29) is 5.82 Å². The Bertz CT molecular complexity index is 739. The highest BCUT2D eigenvalue weighted by atomic mass is 127. The van der Waals surface area contributed by atoms with Crippen molar-refractivity contribution in [3.05, 3.63) is 33.9 Å². The van der Waals surface area contributed by atoms with E-state index in [1.807, 2.05) is 0 Å². The van der Waals surface area contributed by atoms with Crippen LogP contribution in [0.4, 0.5) is 10.2 Å². The van der Waals surface area contributed by atoms with Crippen LogP contribution in [0, 0.1) is 9.39 Å². The van der Waals surface area contributed by atoms with Crippen molar-refractivity contribution in [2.45, 2.75) is 0 Å². The van der Waals surface area contributed by atoms with E-state index in [4.69, 9.17) is 5.73 Å². The number of H-pyrrole nitrogens is 1. The van der Waals surface area contributed by atoms with Gasteiger partial charge >= 0.3 is 0 Å². The molecule has 2 heterocycles. The Morgan fingerprint density at radius 2 is 2.11 bits per heavy atom. The molecule has 5 nitrogen and oxygen atoms in total. The lowest BCUT2D eigenvalue weighted by Gasteiger charge is -2.00. The van der Waals surface area contributed by atoms with E-state index < -0.39 is 0 Å². The molecule has 0 unspecified atom stereocenters. The lowest BCUT2D eigenvalue weighted by atomic mass is 10.2. The SMILES string of the molecule is Nc1ncnc2nc(-c3ccc(F)cc3I)[nH]c12. The Hall–Kier alpha value is -1.77. The number of hydrogen-bond donors (Lipinski definition) is 2. The third-order valence-corrected chi connectivity index (χ3v) is 3.40. The lowest BCUT2D eigenvalue weighted by molar-refractivity contribution is 0.627. The van der Waals surface area contributed by atoms with E-state index in [1.165, 1.54) is 18.5 Å². The summed E-state index contributed by atoms with van der Waals surface area (Å²) < 4.78 is 13.8. The Morgan fingerprint density at radius 1 is 1.28 bits per heavy atom. The Balaban J connectivity index is 2.23. The molecule has 0 fully saturated rings. The minimum atomic E-state index is -0.279. The second-order valence-corrected chi connectivity index (χ2v) is 4.83. The maximum absolute atomic E-state index is 13.1. The molecule has 0 saturated heterocycles. The summed E-state index contributed by atoms with van der Waals surface area (Å²) in [6.07, 6.45) is 1.36. The maximum atomic E-state index is 13.1. The van der Waals surface area contributed by atoms with Gasteiger partial charge in [0.05, 0.1) is 0 Å². The van der Waals surface area contributed by atoms with Gasteiger partial charge in [-0.15, -0.1) is 0 Å². The molecule has 0 aliphatic carbocycles. The van der Waals surface area contributed by atoms with Crippen LogP contribution < -0.4 is 5.73 Å². The molecule has 0 bridgehead atoms. The fourth-order valence-electron chi connectivity index (χ4n) is 1.66. The van der Waals surface area contributed by atoms with Crippen molar-refractivity contribution in [3.63, 3.8) is 0 Å². The average molecular weight is 355 g/mol. The third-order valence-electron chi connectivity index (χ3n) is 2.50. The van der Waals surface area contributed by atoms with Gasteiger partial charge in [-0.05, 0) is 40.8 Å². The molecule has 0 saturated carbocycles. The van der Waals surface area contributed by atoms with Crippen LogP contribution in [-0.2, 0) is 0 Å². The number of nitrogens with one attached hydrogen (secondary N) is 1. The minimum Gasteiger partial charge on any atom is -0.382 e. The second kappa shape index (κ2) is 4.16. The molecule has 0 amide bonds. The Kier molecular flexibility index (Phi) is 2.62. The van der Waals surface area contributed by atoms with E-state index in [0.717, 1.165) is 9.13 Å². The number of imidazole rings is 1. The van der Waals surface area contributed by atoms with Crippen molar-refractivity contribution in [2.75, 3.05) is 5.73 Å². The molecule has 0 radical (unpaired) electrons.